The molecule has 0 spiro atoms. The Labute approximate surface area is 98.6 Å². The van der Waals surface area contributed by atoms with E-state index in [1.165, 1.54) is 25.3 Å². The summed E-state index contributed by atoms with van der Waals surface area (Å²) in [5.41, 5.74) is 0.520. The summed E-state index contributed by atoms with van der Waals surface area (Å²) in [6.45, 7) is 2.31. The van der Waals surface area contributed by atoms with E-state index in [1.807, 2.05) is 0 Å². The molecule has 6 nitrogen and oxygen atoms in total. The fourth-order valence-electron chi connectivity index (χ4n) is 1.28. The number of ether oxygens (including phenoxy) is 1. The molecule has 92 valence electrons. The summed E-state index contributed by atoms with van der Waals surface area (Å²) in [6.07, 6.45) is 0. The van der Waals surface area contributed by atoms with Gasteiger partial charge in [0.1, 0.15) is 11.3 Å². The second-order valence-electron chi connectivity index (χ2n) is 3.20. The lowest BCUT2D eigenvalue weighted by atomic mass is 10.2. The molecule has 0 aliphatic carbocycles. The van der Waals surface area contributed by atoms with Crippen molar-refractivity contribution < 1.29 is 19.4 Å². The van der Waals surface area contributed by atoms with Gasteiger partial charge in [0.05, 0.1) is 7.11 Å². The minimum absolute atomic E-state index is 0.0500. The van der Waals surface area contributed by atoms with Crippen molar-refractivity contribution in [3.63, 3.8) is 0 Å². The number of urea groups is 1. The highest BCUT2D eigenvalue weighted by Crippen LogP contribution is 2.23. The number of amides is 2. The summed E-state index contributed by atoms with van der Waals surface area (Å²) in [6, 6.07) is 3.99. The molecule has 0 atom stereocenters. The third-order valence-electron chi connectivity index (χ3n) is 2.03. The summed E-state index contributed by atoms with van der Waals surface area (Å²) in [4.78, 5) is 22.1. The molecule has 0 fully saturated rings. The smallest absolute Gasteiger partial charge is 0.339 e. The Morgan fingerprint density at radius 1 is 1.41 bits per heavy atom. The molecule has 0 radical (unpaired) electrons. The zero-order valence-electron chi connectivity index (χ0n) is 9.61. The van der Waals surface area contributed by atoms with Gasteiger partial charge < -0.3 is 20.5 Å². The number of rotatable bonds is 4. The average Bonchev–Trinajstić information content (AvgIpc) is 2.28. The van der Waals surface area contributed by atoms with Gasteiger partial charge in [0, 0.05) is 18.3 Å². The molecule has 0 saturated carbocycles. The second kappa shape index (κ2) is 5.74. The van der Waals surface area contributed by atoms with E-state index in [4.69, 9.17) is 9.84 Å². The van der Waals surface area contributed by atoms with Crippen LogP contribution in [0.15, 0.2) is 18.2 Å². The van der Waals surface area contributed by atoms with E-state index >= 15 is 0 Å². The zero-order chi connectivity index (χ0) is 12.8. The third-order valence-corrected chi connectivity index (χ3v) is 2.03. The van der Waals surface area contributed by atoms with Crippen LogP contribution in [0.3, 0.4) is 0 Å². The Morgan fingerprint density at radius 2 is 2.12 bits per heavy atom. The lowest BCUT2D eigenvalue weighted by Crippen LogP contribution is -2.28. The zero-order valence-corrected chi connectivity index (χ0v) is 9.61. The van der Waals surface area contributed by atoms with Gasteiger partial charge in [-0.2, -0.15) is 0 Å². The first-order valence-electron chi connectivity index (χ1n) is 5.04. The minimum Gasteiger partial charge on any atom is -0.496 e. The number of benzene rings is 1. The van der Waals surface area contributed by atoms with E-state index in [2.05, 4.69) is 10.6 Å². The predicted octanol–water partition coefficient (Wildman–Crippen LogP) is 1.53. The Kier molecular flexibility index (Phi) is 4.33. The first-order valence-corrected chi connectivity index (χ1v) is 5.04. The normalized spacial score (nSPS) is 9.53. The molecule has 0 aromatic heterocycles. The van der Waals surface area contributed by atoms with Gasteiger partial charge in [0.15, 0.2) is 0 Å². The number of methoxy groups -OCH3 is 1. The fraction of sp³-hybridized carbons (Fsp3) is 0.273. The van der Waals surface area contributed by atoms with Crippen LogP contribution in [-0.4, -0.2) is 30.8 Å². The molecule has 6 heteroatoms. The largest absolute Gasteiger partial charge is 0.496 e. The lowest BCUT2D eigenvalue weighted by molar-refractivity contribution is 0.0693. The van der Waals surface area contributed by atoms with Gasteiger partial charge in [-0.05, 0) is 19.1 Å². The number of hydrogen-bond acceptors (Lipinski definition) is 3. The topological polar surface area (TPSA) is 87.7 Å². The summed E-state index contributed by atoms with van der Waals surface area (Å²) in [5, 5.41) is 14.0. The molecular formula is C11H14N2O4. The molecule has 1 aromatic carbocycles. The summed E-state index contributed by atoms with van der Waals surface area (Å²) in [5.74, 6) is -0.877. The van der Waals surface area contributed by atoms with Crippen molar-refractivity contribution in [1.82, 2.24) is 5.32 Å². The van der Waals surface area contributed by atoms with Gasteiger partial charge >= 0.3 is 12.0 Å². The second-order valence-corrected chi connectivity index (χ2v) is 3.20. The number of aromatic carboxylic acids is 1. The molecule has 0 bridgehead atoms. The van der Waals surface area contributed by atoms with E-state index in [1.54, 1.807) is 6.92 Å². The van der Waals surface area contributed by atoms with Crippen molar-refractivity contribution in [2.45, 2.75) is 6.92 Å². The fourth-order valence-corrected chi connectivity index (χ4v) is 1.28. The van der Waals surface area contributed by atoms with E-state index in [9.17, 15) is 9.59 Å². The van der Waals surface area contributed by atoms with Crippen molar-refractivity contribution in [1.29, 1.82) is 0 Å². The number of carboxylic acid groups (broad SMARTS) is 1. The molecule has 1 aromatic rings. The van der Waals surface area contributed by atoms with Gasteiger partial charge in [0.25, 0.3) is 0 Å². The summed E-state index contributed by atoms with van der Waals surface area (Å²) in [7, 11) is 1.37. The van der Waals surface area contributed by atoms with Crippen LogP contribution in [0.2, 0.25) is 0 Å². The molecular weight excluding hydrogens is 224 g/mol. The first-order chi connectivity index (χ1) is 8.08. The lowest BCUT2D eigenvalue weighted by Gasteiger charge is -2.09. The Hall–Kier alpha value is -2.24. The molecule has 17 heavy (non-hydrogen) atoms. The maximum atomic E-state index is 11.3. The maximum absolute atomic E-state index is 11.3. The minimum atomic E-state index is -1.08. The maximum Gasteiger partial charge on any atom is 0.339 e. The van der Waals surface area contributed by atoms with Gasteiger partial charge in [-0.1, -0.05) is 0 Å². The number of anilines is 1. The molecule has 0 aliphatic rings. The molecule has 0 saturated heterocycles. The Bertz CT molecular complexity index is 431. The summed E-state index contributed by atoms with van der Waals surface area (Å²) >= 11 is 0. The Morgan fingerprint density at radius 3 is 2.65 bits per heavy atom. The molecule has 1 rings (SSSR count). The van der Waals surface area contributed by atoms with Crippen LogP contribution in [0, 0.1) is 0 Å². The number of hydrogen-bond donors (Lipinski definition) is 3. The van der Waals surface area contributed by atoms with Crippen LogP contribution in [0.25, 0.3) is 0 Å². The van der Waals surface area contributed by atoms with E-state index in [-0.39, 0.29) is 17.3 Å². The predicted molar refractivity (Wildman–Crippen MR) is 62.6 cm³/mol. The van der Waals surface area contributed by atoms with Crippen molar-refractivity contribution in [3.8, 4) is 5.75 Å². The van der Waals surface area contributed by atoms with Gasteiger partial charge in [-0.3, -0.25) is 0 Å². The monoisotopic (exact) mass is 238 g/mol. The van der Waals surface area contributed by atoms with Crippen molar-refractivity contribution >= 4 is 17.7 Å². The highest BCUT2D eigenvalue weighted by atomic mass is 16.5. The number of carbonyl (C=O) groups is 2. The summed E-state index contributed by atoms with van der Waals surface area (Å²) < 4.78 is 4.94. The van der Waals surface area contributed by atoms with Gasteiger partial charge in [-0.15, -0.1) is 0 Å². The molecule has 0 unspecified atom stereocenters. The number of carboxylic acids is 1. The van der Waals surface area contributed by atoms with Crippen LogP contribution >= 0.6 is 0 Å². The SMILES string of the molecule is CCNC(=O)Nc1ccc(C(=O)O)c(OC)c1. The first kappa shape index (κ1) is 12.8. The quantitative estimate of drug-likeness (QED) is 0.742. The highest BCUT2D eigenvalue weighted by Gasteiger charge is 2.11. The molecule has 3 N–H and O–H groups in total. The Balaban J connectivity index is 2.90. The van der Waals surface area contributed by atoms with Crippen LogP contribution in [0.4, 0.5) is 10.5 Å². The highest BCUT2D eigenvalue weighted by molar-refractivity contribution is 5.94. The van der Waals surface area contributed by atoms with E-state index in [0.29, 0.717) is 12.2 Å². The molecule has 0 heterocycles. The van der Waals surface area contributed by atoms with Gasteiger partial charge in [0.2, 0.25) is 0 Å². The van der Waals surface area contributed by atoms with Crippen LogP contribution in [-0.2, 0) is 0 Å². The van der Waals surface area contributed by atoms with Crippen LogP contribution in [0.1, 0.15) is 17.3 Å². The van der Waals surface area contributed by atoms with Crippen LogP contribution < -0.4 is 15.4 Å². The van der Waals surface area contributed by atoms with Crippen molar-refractivity contribution in [2.75, 3.05) is 19.0 Å². The van der Waals surface area contributed by atoms with Crippen molar-refractivity contribution in [3.05, 3.63) is 23.8 Å². The van der Waals surface area contributed by atoms with Crippen LogP contribution in [0.5, 0.6) is 5.75 Å². The molecule has 2 amide bonds. The molecule has 0 aliphatic heterocycles. The number of nitrogens with one attached hydrogen (secondary N) is 2. The van der Waals surface area contributed by atoms with E-state index in [0.717, 1.165) is 0 Å². The van der Waals surface area contributed by atoms with Crippen molar-refractivity contribution in [2.24, 2.45) is 0 Å². The number of carbonyl (C=O) groups excluding carboxylic acids is 1. The average molecular weight is 238 g/mol. The third kappa shape index (κ3) is 3.37. The van der Waals surface area contributed by atoms with E-state index < -0.39 is 5.97 Å². The standard InChI is InChI=1S/C11H14N2O4/c1-3-12-11(16)13-7-4-5-8(10(14)15)9(6-7)17-2/h4-6H,3H2,1-2H3,(H,14,15)(H2,12,13,16). The van der Waals surface area contributed by atoms with Gasteiger partial charge in [-0.25, -0.2) is 9.59 Å².